The lowest BCUT2D eigenvalue weighted by Gasteiger charge is -2.29. The summed E-state index contributed by atoms with van der Waals surface area (Å²) in [5.41, 5.74) is 9.70. The molecule has 1 rings (SSSR count). The van der Waals surface area contributed by atoms with E-state index in [9.17, 15) is 4.79 Å². The average molecular weight is 531 g/mol. The Hall–Kier alpha value is -2.93. The molecule has 0 saturated carbocycles. The molecule has 0 N–H and O–H groups in total. The molecule has 1 atom stereocenters. The van der Waals surface area contributed by atoms with Crippen molar-refractivity contribution < 1.29 is 4.79 Å². The molecular formula is C38H58O. The number of rotatable bonds is 12. The Bertz CT molecular complexity index is 1020. The standard InChI is InChI=1S/C15H24.C13H18O.C10H16/c1-5-7-12-15(4,6-2)14-10-8-13(3)9-11-14;1-6-7-8-10(2)11(3)9-12(4)13(5)14;1-6-7-10(8(2)3)9(4)5/h8-11H,5-7,12H2,1-4H3;6-9H,1H2,2-5H3;7H,2,4,6H2,1,3,5H3/b;8-7-,11-10+,12-9+;. The maximum absolute atomic E-state index is 11.0. The third-order valence-electron chi connectivity index (χ3n) is 7.03. The van der Waals surface area contributed by atoms with E-state index in [1.165, 1.54) is 42.4 Å². The summed E-state index contributed by atoms with van der Waals surface area (Å²) in [7, 11) is 0. The van der Waals surface area contributed by atoms with Crippen molar-refractivity contribution in [3.63, 3.8) is 0 Å². The highest BCUT2D eigenvalue weighted by molar-refractivity contribution is 5.93. The zero-order valence-corrected chi connectivity index (χ0v) is 27.3. The van der Waals surface area contributed by atoms with Crippen LogP contribution in [0.1, 0.15) is 112 Å². The third-order valence-corrected chi connectivity index (χ3v) is 7.03. The van der Waals surface area contributed by atoms with Gasteiger partial charge in [-0.15, -0.1) is 0 Å². The van der Waals surface area contributed by atoms with Crippen LogP contribution in [0.25, 0.3) is 0 Å². The quantitative estimate of drug-likeness (QED) is 0.194. The minimum Gasteiger partial charge on any atom is -0.295 e. The molecule has 39 heavy (non-hydrogen) atoms. The lowest BCUT2D eigenvalue weighted by atomic mass is 9.76. The number of benzene rings is 1. The van der Waals surface area contributed by atoms with E-state index in [0.717, 1.165) is 34.3 Å². The summed E-state index contributed by atoms with van der Waals surface area (Å²) in [5, 5.41) is 0. The number of ketones is 1. The summed E-state index contributed by atoms with van der Waals surface area (Å²) < 4.78 is 0. The van der Waals surface area contributed by atoms with Crippen molar-refractivity contribution in [3.05, 3.63) is 119 Å². The highest BCUT2D eigenvalue weighted by Gasteiger charge is 2.23. The molecule has 0 aliphatic heterocycles. The summed E-state index contributed by atoms with van der Waals surface area (Å²) in [4.78, 5) is 11.0. The van der Waals surface area contributed by atoms with Gasteiger partial charge in [-0.05, 0) is 101 Å². The van der Waals surface area contributed by atoms with Crippen LogP contribution in [-0.4, -0.2) is 5.78 Å². The van der Waals surface area contributed by atoms with E-state index in [2.05, 4.69) is 84.7 Å². The molecule has 1 heteroatoms. The van der Waals surface area contributed by atoms with Crippen LogP contribution in [0.2, 0.25) is 0 Å². The van der Waals surface area contributed by atoms with E-state index in [1.807, 2.05) is 52.8 Å². The Morgan fingerprint density at radius 1 is 0.897 bits per heavy atom. The highest BCUT2D eigenvalue weighted by atomic mass is 16.1. The van der Waals surface area contributed by atoms with Gasteiger partial charge >= 0.3 is 0 Å². The first kappa shape index (κ1) is 38.2. The van der Waals surface area contributed by atoms with Crippen LogP contribution in [0, 0.1) is 6.92 Å². The second-order valence-corrected chi connectivity index (χ2v) is 10.8. The molecule has 0 fully saturated rings. The number of hydrogen-bond donors (Lipinski definition) is 0. The number of carbonyl (C=O) groups excluding carboxylic acids is 1. The van der Waals surface area contributed by atoms with Gasteiger partial charge in [0.15, 0.2) is 5.78 Å². The van der Waals surface area contributed by atoms with Gasteiger partial charge in [-0.2, -0.15) is 0 Å². The summed E-state index contributed by atoms with van der Waals surface area (Å²) in [6.07, 6.45) is 15.9. The number of aryl methyl sites for hydroxylation is 1. The van der Waals surface area contributed by atoms with E-state index in [4.69, 9.17) is 0 Å². The number of hydrogen-bond acceptors (Lipinski definition) is 1. The van der Waals surface area contributed by atoms with Gasteiger partial charge in [0.2, 0.25) is 0 Å². The van der Waals surface area contributed by atoms with E-state index < -0.39 is 0 Å². The minimum absolute atomic E-state index is 0.116. The van der Waals surface area contributed by atoms with Crippen LogP contribution < -0.4 is 0 Å². The number of unbranched alkanes of at least 4 members (excludes halogenated alkanes) is 1. The predicted molar refractivity (Wildman–Crippen MR) is 178 cm³/mol. The molecule has 1 aromatic rings. The van der Waals surface area contributed by atoms with Gasteiger partial charge in [0.25, 0.3) is 0 Å². The van der Waals surface area contributed by atoms with Crippen molar-refractivity contribution in [2.45, 2.75) is 114 Å². The maximum atomic E-state index is 11.0. The smallest absolute Gasteiger partial charge is 0.155 e. The number of allylic oxidation sites excluding steroid dienone is 11. The van der Waals surface area contributed by atoms with E-state index in [-0.39, 0.29) is 5.78 Å². The molecule has 1 nitrogen and oxygen atoms in total. The fourth-order valence-electron chi connectivity index (χ4n) is 3.85. The summed E-state index contributed by atoms with van der Waals surface area (Å²) >= 11 is 0. The molecule has 0 aliphatic rings. The molecule has 0 bridgehead atoms. The molecule has 1 unspecified atom stereocenters. The van der Waals surface area contributed by atoms with E-state index in [1.54, 1.807) is 13.0 Å². The van der Waals surface area contributed by atoms with Gasteiger partial charge in [-0.25, -0.2) is 0 Å². The van der Waals surface area contributed by atoms with Crippen molar-refractivity contribution in [3.8, 4) is 0 Å². The molecule has 1 aromatic carbocycles. The van der Waals surface area contributed by atoms with Gasteiger partial charge in [0.1, 0.15) is 0 Å². The molecule has 0 radical (unpaired) electrons. The largest absolute Gasteiger partial charge is 0.295 e. The van der Waals surface area contributed by atoms with Gasteiger partial charge in [-0.1, -0.05) is 132 Å². The molecule has 0 amide bonds. The number of carbonyl (C=O) groups is 1. The summed E-state index contributed by atoms with van der Waals surface area (Å²) in [6.45, 7) is 34.0. The highest BCUT2D eigenvalue weighted by Crippen LogP contribution is 2.33. The Balaban J connectivity index is 0. The van der Waals surface area contributed by atoms with Crippen molar-refractivity contribution in [2.75, 3.05) is 0 Å². The topological polar surface area (TPSA) is 17.1 Å². The van der Waals surface area contributed by atoms with Crippen LogP contribution in [0.5, 0.6) is 0 Å². The monoisotopic (exact) mass is 530 g/mol. The van der Waals surface area contributed by atoms with Crippen molar-refractivity contribution >= 4 is 5.78 Å². The molecule has 0 heterocycles. The van der Waals surface area contributed by atoms with Crippen molar-refractivity contribution in [1.29, 1.82) is 0 Å². The van der Waals surface area contributed by atoms with Gasteiger partial charge < -0.3 is 0 Å². The fraction of sp³-hybridized carbons (Fsp3) is 0.447. The molecule has 0 aromatic heterocycles. The second-order valence-electron chi connectivity index (χ2n) is 10.8. The Morgan fingerprint density at radius 3 is 1.79 bits per heavy atom. The van der Waals surface area contributed by atoms with Gasteiger partial charge in [-0.3, -0.25) is 4.79 Å². The van der Waals surface area contributed by atoms with Gasteiger partial charge in [0.05, 0.1) is 0 Å². The first-order valence-electron chi connectivity index (χ1n) is 14.4. The predicted octanol–water partition coefficient (Wildman–Crippen LogP) is 11.9. The summed E-state index contributed by atoms with van der Waals surface area (Å²) in [6, 6.07) is 9.06. The van der Waals surface area contributed by atoms with Gasteiger partial charge in [0, 0.05) is 0 Å². The SMILES string of the molecule is C=C(C)C(=CCC)C(=C)C.C=C\C=C/C(C)=C(C)/C=C(\C)C(C)=O.CCCCC(C)(CC)c1ccc(C)cc1. The Labute approximate surface area is 242 Å². The summed E-state index contributed by atoms with van der Waals surface area (Å²) in [5.74, 6) is 0.116. The van der Waals surface area contributed by atoms with Crippen molar-refractivity contribution in [2.24, 2.45) is 0 Å². The third kappa shape index (κ3) is 16.6. The van der Waals surface area contributed by atoms with Crippen molar-refractivity contribution in [1.82, 2.24) is 0 Å². The Kier molecular flexibility index (Phi) is 20.5. The molecule has 216 valence electrons. The molecule has 0 aliphatic carbocycles. The van der Waals surface area contributed by atoms with Crippen LogP contribution in [0.3, 0.4) is 0 Å². The van der Waals surface area contributed by atoms with Crippen LogP contribution in [-0.2, 0) is 10.2 Å². The van der Waals surface area contributed by atoms with E-state index in [0.29, 0.717) is 5.41 Å². The van der Waals surface area contributed by atoms with Crippen LogP contribution >= 0.6 is 0 Å². The van der Waals surface area contributed by atoms with Crippen LogP contribution in [0.4, 0.5) is 0 Å². The second kappa shape index (κ2) is 21.0. The minimum atomic E-state index is 0.116. The molecule has 0 saturated heterocycles. The molecular weight excluding hydrogens is 472 g/mol. The fourth-order valence-corrected chi connectivity index (χ4v) is 3.85. The zero-order chi connectivity index (χ0) is 30.6. The molecule has 0 spiro atoms. The normalized spacial score (nSPS) is 13.1. The maximum Gasteiger partial charge on any atom is 0.155 e. The average Bonchev–Trinajstić information content (AvgIpc) is 2.89. The Morgan fingerprint density at radius 2 is 1.44 bits per heavy atom. The zero-order valence-electron chi connectivity index (χ0n) is 27.3. The lowest BCUT2D eigenvalue weighted by molar-refractivity contribution is -0.113. The first-order valence-corrected chi connectivity index (χ1v) is 14.4. The van der Waals surface area contributed by atoms with Crippen LogP contribution in [0.15, 0.2) is 108 Å². The first-order chi connectivity index (χ1) is 18.2. The number of Topliss-reactive ketones (excluding diaryl/α,β-unsaturated/α-hetero) is 1. The lowest BCUT2D eigenvalue weighted by Crippen LogP contribution is -2.20. The van der Waals surface area contributed by atoms with E-state index >= 15 is 0 Å².